The van der Waals surface area contributed by atoms with Gasteiger partial charge >= 0.3 is 5.69 Å². The number of aromatic nitrogens is 2. The van der Waals surface area contributed by atoms with Crippen LogP contribution in [0.2, 0.25) is 5.15 Å². The molecule has 5 nitrogen and oxygen atoms in total. The fourth-order valence-electron chi connectivity index (χ4n) is 1.84. The first-order valence-corrected chi connectivity index (χ1v) is 5.60. The van der Waals surface area contributed by atoms with Crippen molar-refractivity contribution in [3.63, 3.8) is 0 Å². The Hall–Kier alpha value is -2.01. The molecule has 0 saturated carbocycles. The lowest BCUT2D eigenvalue weighted by Gasteiger charge is -2.05. The Morgan fingerprint density at radius 1 is 1.17 bits per heavy atom. The Labute approximate surface area is 109 Å². The van der Waals surface area contributed by atoms with Crippen molar-refractivity contribution in [3.8, 4) is 11.3 Å². The first kappa shape index (κ1) is 12.4. The van der Waals surface area contributed by atoms with Crippen LogP contribution in [-0.2, 0) is 0 Å². The van der Waals surface area contributed by atoms with Crippen LogP contribution in [0.1, 0.15) is 11.1 Å². The smallest absolute Gasteiger partial charge is 0.258 e. The van der Waals surface area contributed by atoms with E-state index in [9.17, 15) is 10.1 Å². The summed E-state index contributed by atoms with van der Waals surface area (Å²) in [7, 11) is 0. The molecule has 0 aliphatic rings. The van der Waals surface area contributed by atoms with Crippen LogP contribution in [0, 0.1) is 24.0 Å². The third-order valence-corrected chi connectivity index (χ3v) is 2.73. The Kier molecular flexibility index (Phi) is 3.25. The SMILES string of the molecule is Cc1cc(C)cc(-c2ncnc(Cl)c2[N+](=O)[O-])c1. The largest absolute Gasteiger partial charge is 0.332 e. The van der Waals surface area contributed by atoms with E-state index in [0.29, 0.717) is 5.56 Å². The van der Waals surface area contributed by atoms with Gasteiger partial charge in [-0.15, -0.1) is 0 Å². The van der Waals surface area contributed by atoms with Crippen molar-refractivity contribution in [1.82, 2.24) is 9.97 Å². The van der Waals surface area contributed by atoms with E-state index in [4.69, 9.17) is 11.6 Å². The highest BCUT2D eigenvalue weighted by molar-refractivity contribution is 6.31. The number of nitro groups is 1. The zero-order valence-electron chi connectivity index (χ0n) is 9.85. The van der Waals surface area contributed by atoms with Gasteiger partial charge in [0.1, 0.15) is 6.33 Å². The maximum absolute atomic E-state index is 11.0. The molecule has 6 heteroatoms. The van der Waals surface area contributed by atoms with Crippen LogP contribution in [0.5, 0.6) is 0 Å². The highest BCUT2D eigenvalue weighted by atomic mass is 35.5. The predicted octanol–water partition coefficient (Wildman–Crippen LogP) is 3.32. The van der Waals surface area contributed by atoms with Gasteiger partial charge in [0.05, 0.1) is 4.92 Å². The minimum atomic E-state index is -0.560. The summed E-state index contributed by atoms with van der Waals surface area (Å²) < 4.78 is 0. The monoisotopic (exact) mass is 263 g/mol. The van der Waals surface area contributed by atoms with Gasteiger partial charge in [-0.05, 0) is 26.0 Å². The Balaban J connectivity index is 2.71. The van der Waals surface area contributed by atoms with E-state index < -0.39 is 4.92 Å². The molecule has 1 heterocycles. The summed E-state index contributed by atoms with van der Waals surface area (Å²) in [6.45, 7) is 3.84. The predicted molar refractivity (Wildman–Crippen MR) is 68.6 cm³/mol. The topological polar surface area (TPSA) is 68.9 Å². The molecule has 2 rings (SSSR count). The lowest BCUT2D eigenvalue weighted by molar-refractivity contribution is -0.384. The number of aryl methyl sites for hydroxylation is 2. The van der Waals surface area contributed by atoms with Crippen LogP contribution >= 0.6 is 11.6 Å². The minimum absolute atomic E-state index is 0.149. The number of benzene rings is 1. The molecular formula is C12H10ClN3O2. The quantitative estimate of drug-likeness (QED) is 0.473. The lowest BCUT2D eigenvalue weighted by atomic mass is 10.0. The second-order valence-electron chi connectivity index (χ2n) is 4.00. The first-order chi connectivity index (χ1) is 8.49. The van der Waals surface area contributed by atoms with Gasteiger partial charge < -0.3 is 0 Å². The molecule has 0 N–H and O–H groups in total. The molecule has 0 saturated heterocycles. The molecule has 0 aliphatic heterocycles. The molecule has 1 aromatic heterocycles. The Morgan fingerprint density at radius 3 is 2.33 bits per heavy atom. The third kappa shape index (κ3) is 2.31. The van der Waals surface area contributed by atoms with E-state index in [1.807, 2.05) is 32.0 Å². The third-order valence-electron chi connectivity index (χ3n) is 2.46. The second-order valence-corrected chi connectivity index (χ2v) is 4.35. The van der Waals surface area contributed by atoms with Crippen LogP contribution in [0.4, 0.5) is 5.69 Å². The molecule has 0 atom stereocenters. The average Bonchev–Trinajstić information content (AvgIpc) is 2.26. The molecule has 0 unspecified atom stereocenters. The minimum Gasteiger partial charge on any atom is -0.258 e. The molecule has 1 aromatic carbocycles. The van der Waals surface area contributed by atoms with Crippen LogP contribution in [-0.4, -0.2) is 14.9 Å². The van der Waals surface area contributed by atoms with E-state index in [0.717, 1.165) is 11.1 Å². The molecule has 18 heavy (non-hydrogen) atoms. The molecule has 0 aliphatic carbocycles. The molecule has 0 radical (unpaired) electrons. The number of hydrogen-bond acceptors (Lipinski definition) is 4. The summed E-state index contributed by atoms with van der Waals surface area (Å²) in [6, 6.07) is 5.65. The van der Waals surface area contributed by atoms with Gasteiger partial charge in [0.25, 0.3) is 0 Å². The van der Waals surface area contributed by atoms with Crippen molar-refractivity contribution in [2.75, 3.05) is 0 Å². The van der Waals surface area contributed by atoms with Crippen LogP contribution in [0.25, 0.3) is 11.3 Å². The van der Waals surface area contributed by atoms with Gasteiger partial charge in [-0.2, -0.15) is 0 Å². The van der Waals surface area contributed by atoms with E-state index in [1.165, 1.54) is 6.33 Å². The maximum atomic E-state index is 11.0. The van der Waals surface area contributed by atoms with Crippen LogP contribution in [0.15, 0.2) is 24.5 Å². The highest BCUT2D eigenvalue weighted by Gasteiger charge is 2.22. The second kappa shape index (κ2) is 4.70. The van der Waals surface area contributed by atoms with Gasteiger partial charge in [-0.1, -0.05) is 28.8 Å². The molecule has 92 valence electrons. The normalized spacial score (nSPS) is 10.4. The van der Waals surface area contributed by atoms with Crippen molar-refractivity contribution >= 4 is 17.3 Å². The molecule has 0 spiro atoms. The number of rotatable bonds is 2. The Bertz CT molecular complexity index is 608. The summed E-state index contributed by atoms with van der Waals surface area (Å²) >= 11 is 5.76. The zero-order valence-corrected chi connectivity index (χ0v) is 10.6. The van der Waals surface area contributed by atoms with E-state index in [1.54, 1.807) is 0 Å². The summed E-state index contributed by atoms with van der Waals surface area (Å²) in [5.41, 5.74) is 2.67. The molecule has 0 bridgehead atoms. The average molecular weight is 264 g/mol. The van der Waals surface area contributed by atoms with E-state index in [-0.39, 0.29) is 16.5 Å². The number of hydrogen-bond donors (Lipinski definition) is 0. The van der Waals surface area contributed by atoms with Crippen LogP contribution in [0.3, 0.4) is 0 Å². The summed E-state index contributed by atoms with van der Waals surface area (Å²) in [5, 5.41) is 10.9. The van der Waals surface area contributed by atoms with Crippen molar-refractivity contribution in [1.29, 1.82) is 0 Å². The van der Waals surface area contributed by atoms with E-state index in [2.05, 4.69) is 9.97 Å². The fourth-order valence-corrected chi connectivity index (χ4v) is 2.04. The highest BCUT2D eigenvalue weighted by Crippen LogP contribution is 2.33. The van der Waals surface area contributed by atoms with Crippen molar-refractivity contribution in [2.24, 2.45) is 0 Å². The number of nitrogens with zero attached hydrogens (tertiary/aromatic N) is 3. The molecular weight excluding hydrogens is 254 g/mol. The van der Waals surface area contributed by atoms with Gasteiger partial charge in [-0.25, -0.2) is 9.97 Å². The summed E-state index contributed by atoms with van der Waals surface area (Å²) in [5.74, 6) is 0. The van der Waals surface area contributed by atoms with Crippen LogP contribution < -0.4 is 0 Å². The summed E-state index contributed by atoms with van der Waals surface area (Å²) in [4.78, 5) is 18.1. The van der Waals surface area contributed by atoms with E-state index >= 15 is 0 Å². The summed E-state index contributed by atoms with van der Waals surface area (Å²) in [6.07, 6.45) is 1.22. The maximum Gasteiger partial charge on any atom is 0.332 e. The Morgan fingerprint density at radius 2 is 1.78 bits per heavy atom. The molecule has 2 aromatic rings. The lowest BCUT2D eigenvalue weighted by Crippen LogP contribution is -1.98. The fraction of sp³-hybridized carbons (Fsp3) is 0.167. The van der Waals surface area contributed by atoms with Crippen molar-refractivity contribution in [3.05, 3.63) is 50.9 Å². The van der Waals surface area contributed by atoms with Crippen molar-refractivity contribution in [2.45, 2.75) is 13.8 Å². The molecule has 0 amide bonds. The van der Waals surface area contributed by atoms with Gasteiger partial charge in [-0.3, -0.25) is 10.1 Å². The van der Waals surface area contributed by atoms with Gasteiger partial charge in [0.2, 0.25) is 5.15 Å². The zero-order chi connectivity index (χ0) is 13.3. The molecule has 0 fully saturated rings. The standard InChI is InChI=1S/C12H10ClN3O2/c1-7-3-8(2)5-9(4-7)10-11(16(17)18)12(13)15-6-14-10/h3-6H,1-2H3. The van der Waals surface area contributed by atoms with Gasteiger partial charge in [0, 0.05) is 5.56 Å². The van der Waals surface area contributed by atoms with Gasteiger partial charge in [0.15, 0.2) is 5.69 Å². The van der Waals surface area contributed by atoms with Crippen molar-refractivity contribution < 1.29 is 4.92 Å². The first-order valence-electron chi connectivity index (χ1n) is 5.22. The number of halogens is 1.